The lowest BCUT2D eigenvalue weighted by molar-refractivity contribution is 0.346. The number of rotatable bonds is 3. The number of nitrogens with zero attached hydrogens (tertiary/aromatic N) is 3. The van der Waals surface area contributed by atoms with Crippen molar-refractivity contribution in [2.24, 2.45) is 0 Å². The van der Waals surface area contributed by atoms with Gasteiger partial charge in [0, 0.05) is 24.7 Å². The summed E-state index contributed by atoms with van der Waals surface area (Å²) >= 11 is 0. The molecule has 0 amide bonds. The summed E-state index contributed by atoms with van der Waals surface area (Å²) in [5.74, 6) is -0.0325. The Hall–Kier alpha value is -1.47. The highest BCUT2D eigenvalue weighted by atomic mass is 32.2. The molecular weight excluding hydrogens is 264 g/mol. The smallest absolute Gasteiger partial charge is 0.219 e. The molecule has 19 heavy (non-hydrogen) atoms. The van der Waals surface area contributed by atoms with Crippen LogP contribution in [0.2, 0.25) is 0 Å². The molecule has 1 aliphatic heterocycles. The zero-order valence-electron chi connectivity index (χ0n) is 10.5. The van der Waals surface area contributed by atoms with Crippen molar-refractivity contribution in [2.75, 3.05) is 13.1 Å². The van der Waals surface area contributed by atoms with Gasteiger partial charge in [-0.05, 0) is 25.0 Å². The summed E-state index contributed by atoms with van der Waals surface area (Å²) in [5, 5.41) is 7.60. The molecule has 0 saturated carbocycles. The fourth-order valence-corrected chi connectivity index (χ4v) is 4.01. The Labute approximate surface area is 111 Å². The molecule has 1 fully saturated rings. The first-order valence-corrected chi connectivity index (χ1v) is 8.03. The lowest BCUT2D eigenvalue weighted by Gasteiger charge is -2.25. The fourth-order valence-electron chi connectivity index (χ4n) is 2.43. The average molecular weight is 280 g/mol. The van der Waals surface area contributed by atoms with Crippen LogP contribution >= 0.6 is 0 Å². The number of hydrogen-bond acceptors (Lipinski definition) is 4. The van der Waals surface area contributed by atoms with E-state index < -0.39 is 10.0 Å². The highest BCUT2D eigenvalue weighted by Crippen LogP contribution is 2.20. The first-order chi connectivity index (χ1) is 9.17. The van der Waals surface area contributed by atoms with Crippen molar-refractivity contribution in [1.82, 2.24) is 19.5 Å². The molecule has 0 spiro atoms. The van der Waals surface area contributed by atoms with E-state index in [-0.39, 0.29) is 5.75 Å². The van der Waals surface area contributed by atoms with Gasteiger partial charge in [-0.25, -0.2) is 17.7 Å². The first-order valence-electron chi connectivity index (χ1n) is 6.42. The van der Waals surface area contributed by atoms with Crippen LogP contribution in [0.25, 0.3) is 11.0 Å². The second-order valence-corrected chi connectivity index (χ2v) is 6.76. The maximum Gasteiger partial charge on any atom is 0.219 e. The molecule has 102 valence electrons. The summed E-state index contributed by atoms with van der Waals surface area (Å²) in [5.41, 5.74) is 1.18. The molecule has 0 bridgehead atoms. The predicted molar refractivity (Wildman–Crippen MR) is 71.9 cm³/mol. The van der Waals surface area contributed by atoms with Crippen molar-refractivity contribution >= 4 is 21.1 Å². The quantitative estimate of drug-likeness (QED) is 0.918. The van der Waals surface area contributed by atoms with E-state index in [4.69, 9.17) is 0 Å². The van der Waals surface area contributed by atoms with Crippen molar-refractivity contribution in [3.8, 4) is 0 Å². The number of H-pyrrole nitrogens is 1. The van der Waals surface area contributed by atoms with E-state index in [0.717, 1.165) is 24.6 Å². The monoisotopic (exact) mass is 280 g/mol. The molecule has 1 saturated heterocycles. The summed E-state index contributed by atoms with van der Waals surface area (Å²) in [6.45, 7) is 1.26. The highest BCUT2D eigenvalue weighted by molar-refractivity contribution is 7.88. The number of sulfonamides is 1. The van der Waals surface area contributed by atoms with Gasteiger partial charge in [-0.1, -0.05) is 6.42 Å². The zero-order chi connectivity index (χ0) is 13.3. The summed E-state index contributed by atoms with van der Waals surface area (Å²) in [6.07, 6.45) is 4.66. The van der Waals surface area contributed by atoms with E-state index in [1.807, 2.05) is 6.07 Å². The van der Waals surface area contributed by atoms with Crippen LogP contribution in [0.4, 0.5) is 0 Å². The number of pyridine rings is 1. The van der Waals surface area contributed by atoms with E-state index in [2.05, 4.69) is 15.2 Å². The van der Waals surface area contributed by atoms with Crippen LogP contribution in [0.1, 0.15) is 25.0 Å². The third kappa shape index (κ3) is 2.48. The topological polar surface area (TPSA) is 79.0 Å². The molecule has 6 nitrogen and oxygen atoms in total. The molecule has 0 atom stereocenters. The van der Waals surface area contributed by atoms with Gasteiger partial charge in [0.15, 0.2) is 5.65 Å². The van der Waals surface area contributed by atoms with Crippen molar-refractivity contribution in [1.29, 1.82) is 0 Å². The van der Waals surface area contributed by atoms with Crippen LogP contribution < -0.4 is 0 Å². The zero-order valence-corrected chi connectivity index (χ0v) is 11.4. The summed E-state index contributed by atoms with van der Waals surface area (Å²) in [6, 6.07) is 3.63. The molecule has 0 aromatic carbocycles. The lowest BCUT2D eigenvalue weighted by atomic mass is 10.2. The Balaban J connectivity index is 1.87. The van der Waals surface area contributed by atoms with E-state index >= 15 is 0 Å². The standard InChI is InChI=1S/C12H16N4O2S/c17-19(18,16-7-2-1-3-8-16)9-11-10-5-4-6-13-12(10)15-14-11/h4-6H,1-3,7-9H2,(H,13,14,15). The minimum atomic E-state index is -3.26. The van der Waals surface area contributed by atoms with E-state index in [0.29, 0.717) is 24.4 Å². The molecule has 2 aromatic heterocycles. The van der Waals surface area contributed by atoms with Gasteiger partial charge in [0.1, 0.15) is 5.75 Å². The minimum Gasteiger partial charge on any atom is -0.279 e. The van der Waals surface area contributed by atoms with Crippen LogP contribution in [0, 0.1) is 0 Å². The molecule has 1 N–H and O–H groups in total. The van der Waals surface area contributed by atoms with Gasteiger partial charge in [-0.15, -0.1) is 0 Å². The molecular formula is C12H16N4O2S. The molecule has 0 aliphatic carbocycles. The Kier molecular flexibility index (Phi) is 3.24. The minimum absolute atomic E-state index is 0.0325. The van der Waals surface area contributed by atoms with Gasteiger partial charge < -0.3 is 0 Å². The molecule has 0 unspecified atom stereocenters. The van der Waals surface area contributed by atoms with Crippen LogP contribution in [-0.4, -0.2) is 41.0 Å². The third-order valence-electron chi connectivity index (χ3n) is 3.44. The Morgan fingerprint density at radius 3 is 2.84 bits per heavy atom. The molecule has 0 radical (unpaired) electrons. The second kappa shape index (κ2) is 4.90. The van der Waals surface area contributed by atoms with Gasteiger partial charge in [0.2, 0.25) is 10.0 Å². The predicted octanol–water partition coefficient (Wildman–Crippen LogP) is 1.27. The molecule has 3 heterocycles. The van der Waals surface area contributed by atoms with Crippen LogP contribution in [-0.2, 0) is 15.8 Å². The number of fused-ring (bicyclic) bond motifs is 1. The lowest BCUT2D eigenvalue weighted by Crippen LogP contribution is -2.36. The van der Waals surface area contributed by atoms with Gasteiger partial charge in [-0.2, -0.15) is 5.10 Å². The second-order valence-electron chi connectivity index (χ2n) is 4.79. The van der Waals surface area contributed by atoms with Crippen LogP contribution in [0.3, 0.4) is 0 Å². The maximum absolute atomic E-state index is 12.4. The molecule has 7 heteroatoms. The number of hydrogen-bond donors (Lipinski definition) is 1. The summed E-state index contributed by atoms with van der Waals surface area (Å²) in [7, 11) is -3.26. The van der Waals surface area contributed by atoms with Crippen molar-refractivity contribution in [3.05, 3.63) is 24.0 Å². The third-order valence-corrected chi connectivity index (χ3v) is 5.25. The van der Waals surface area contributed by atoms with Crippen LogP contribution in [0.15, 0.2) is 18.3 Å². The number of aromatic nitrogens is 3. The Morgan fingerprint density at radius 1 is 1.26 bits per heavy atom. The normalized spacial score (nSPS) is 17.9. The summed E-state index contributed by atoms with van der Waals surface area (Å²) in [4.78, 5) is 4.09. The van der Waals surface area contributed by atoms with Crippen LogP contribution in [0.5, 0.6) is 0 Å². The molecule has 3 rings (SSSR count). The average Bonchev–Trinajstić information content (AvgIpc) is 2.83. The van der Waals surface area contributed by atoms with E-state index in [1.54, 1.807) is 16.6 Å². The highest BCUT2D eigenvalue weighted by Gasteiger charge is 2.25. The van der Waals surface area contributed by atoms with Gasteiger partial charge in [0.05, 0.1) is 5.69 Å². The van der Waals surface area contributed by atoms with Crippen molar-refractivity contribution in [2.45, 2.75) is 25.0 Å². The van der Waals surface area contributed by atoms with E-state index in [9.17, 15) is 8.42 Å². The first kappa shape index (κ1) is 12.6. The number of aromatic amines is 1. The Morgan fingerprint density at radius 2 is 2.05 bits per heavy atom. The molecule has 2 aromatic rings. The van der Waals surface area contributed by atoms with Crippen molar-refractivity contribution in [3.63, 3.8) is 0 Å². The van der Waals surface area contributed by atoms with Gasteiger partial charge in [-0.3, -0.25) is 5.10 Å². The van der Waals surface area contributed by atoms with Gasteiger partial charge in [0.25, 0.3) is 0 Å². The van der Waals surface area contributed by atoms with Gasteiger partial charge >= 0.3 is 0 Å². The maximum atomic E-state index is 12.4. The fraction of sp³-hybridized carbons (Fsp3) is 0.500. The SMILES string of the molecule is O=S(=O)(Cc1[nH]nc2ncccc12)N1CCCCC1. The summed E-state index contributed by atoms with van der Waals surface area (Å²) < 4.78 is 26.3. The largest absolute Gasteiger partial charge is 0.279 e. The number of nitrogens with one attached hydrogen (secondary N) is 1. The van der Waals surface area contributed by atoms with E-state index in [1.165, 1.54) is 0 Å². The Bertz CT molecular complexity index is 674. The molecule has 1 aliphatic rings. The number of piperidine rings is 1. The van der Waals surface area contributed by atoms with Crippen molar-refractivity contribution < 1.29 is 8.42 Å².